The van der Waals surface area contributed by atoms with E-state index in [4.69, 9.17) is 0 Å². The highest BCUT2D eigenvalue weighted by Crippen LogP contribution is 2.24. The summed E-state index contributed by atoms with van der Waals surface area (Å²) in [4.78, 5) is 28.8. The Labute approximate surface area is 173 Å². The van der Waals surface area contributed by atoms with Crippen molar-refractivity contribution in [3.63, 3.8) is 0 Å². The lowest BCUT2D eigenvalue weighted by Gasteiger charge is -2.33. The highest BCUT2D eigenvalue weighted by molar-refractivity contribution is 7.89. The van der Waals surface area contributed by atoms with Gasteiger partial charge in [0, 0.05) is 38.6 Å². The molecule has 0 saturated carbocycles. The number of carbonyl (C=O) groups is 2. The summed E-state index contributed by atoms with van der Waals surface area (Å²) >= 11 is 0. The van der Waals surface area contributed by atoms with E-state index >= 15 is 0 Å². The van der Waals surface area contributed by atoms with Crippen LogP contribution in [0.2, 0.25) is 0 Å². The molecule has 2 saturated heterocycles. The molecule has 0 bridgehead atoms. The maximum atomic E-state index is 12.9. The van der Waals surface area contributed by atoms with Crippen molar-refractivity contribution < 1.29 is 18.0 Å². The molecule has 0 spiro atoms. The molecule has 2 amide bonds. The van der Waals surface area contributed by atoms with Crippen molar-refractivity contribution >= 4 is 21.8 Å². The first kappa shape index (κ1) is 21.8. The Hall–Kier alpha value is -1.93. The molecule has 1 aromatic rings. The molecule has 0 aliphatic carbocycles. The molecule has 1 unspecified atom stereocenters. The Bertz CT molecular complexity index is 804. The van der Waals surface area contributed by atoms with Crippen LogP contribution in [0.4, 0.5) is 0 Å². The third-order valence-corrected chi connectivity index (χ3v) is 7.22. The van der Waals surface area contributed by atoms with Gasteiger partial charge in [-0.05, 0) is 24.8 Å². The summed E-state index contributed by atoms with van der Waals surface area (Å²) < 4.78 is 26.9. The van der Waals surface area contributed by atoms with Gasteiger partial charge in [-0.2, -0.15) is 0 Å². The lowest BCUT2D eigenvalue weighted by molar-refractivity contribution is -0.136. The maximum absolute atomic E-state index is 12.9. The van der Waals surface area contributed by atoms with Gasteiger partial charge in [-0.15, -0.1) is 0 Å². The normalized spacial score (nSPS) is 21.0. The van der Waals surface area contributed by atoms with Gasteiger partial charge in [0.1, 0.15) is 0 Å². The molecule has 1 N–H and O–H groups in total. The van der Waals surface area contributed by atoms with E-state index in [9.17, 15) is 18.0 Å². The Morgan fingerprint density at radius 1 is 1.17 bits per heavy atom. The van der Waals surface area contributed by atoms with Gasteiger partial charge < -0.3 is 9.80 Å². The first-order valence-corrected chi connectivity index (χ1v) is 12.1. The molecule has 2 aliphatic rings. The third kappa shape index (κ3) is 6.02. The second-order valence-electron chi connectivity index (χ2n) is 8.05. The number of likely N-dealkylation sites (tertiary alicyclic amines) is 2. The first-order chi connectivity index (χ1) is 13.9. The summed E-state index contributed by atoms with van der Waals surface area (Å²) in [5.74, 6) is -0.111. The molecule has 1 atom stereocenters. The van der Waals surface area contributed by atoms with Crippen LogP contribution < -0.4 is 4.72 Å². The largest absolute Gasteiger partial charge is 0.342 e. The smallest absolute Gasteiger partial charge is 0.227 e. The number of benzene rings is 1. The predicted molar refractivity (Wildman–Crippen MR) is 111 cm³/mol. The fourth-order valence-corrected chi connectivity index (χ4v) is 5.55. The van der Waals surface area contributed by atoms with E-state index in [0.717, 1.165) is 12.0 Å². The summed E-state index contributed by atoms with van der Waals surface area (Å²) in [6.07, 6.45) is 2.99. The standard InChI is InChI=1S/C21H31N3O4S/c1-2-3-13-29(27,28)22-19-9-11-23(12-10-19)21(26)18-14-20(25)24(16-18)15-17-7-5-4-6-8-17/h4-8,18-19,22H,2-3,9-16H2,1H3. The van der Waals surface area contributed by atoms with Crippen molar-refractivity contribution in [2.24, 2.45) is 5.92 Å². The average molecular weight is 422 g/mol. The molecular weight excluding hydrogens is 390 g/mol. The lowest BCUT2D eigenvalue weighted by Crippen LogP contribution is -2.48. The van der Waals surface area contributed by atoms with E-state index in [2.05, 4.69) is 4.72 Å². The fraction of sp³-hybridized carbons (Fsp3) is 0.619. The SMILES string of the molecule is CCCCS(=O)(=O)NC1CCN(C(=O)C2CC(=O)N(Cc3ccccc3)C2)CC1. The van der Waals surface area contributed by atoms with Gasteiger partial charge in [-0.25, -0.2) is 13.1 Å². The van der Waals surface area contributed by atoms with Gasteiger partial charge in [0.15, 0.2) is 0 Å². The molecule has 0 radical (unpaired) electrons. The number of nitrogens with one attached hydrogen (secondary N) is 1. The Morgan fingerprint density at radius 2 is 1.86 bits per heavy atom. The second kappa shape index (κ2) is 9.71. The van der Waals surface area contributed by atoms with E-state index < -0.39 is 10.0 Å². The van der Waals surface area contributed by atoms with Gasteiger partial charge in [-0.1, -0.05) is 43.7 Å². The zero-order chi connectivity index (χ0) is 20.9. The zero-order valence-corrected chi connectivity index (χ0v) is 17.9. The summed E-state index contributed by atoms with van der Waals surface area (Å²) in [6, 6.07) is 9.68. The summed E-state index contributed by atoms with van der Waals surface area (Å²) in [5.41, 5.74) is 1.06. The lowest BCUT2D eigenvalue weighted by atomic mass is 10.0. The van der Waals surface area contributed by atoms with Crippen molar-refractivity contribution in [1.82, 2.24) is 14.5 Å². The number of carbonyl (C=O) groups excluding carboxylic acids is 2. The van der Waals surface area contributed by atoms with Crippen molar-refractivity contribution in [3.05, 3.63) is 35.9 Å². The number of unbranched alkanes of at least 4 members (excludes halogenated alkanes) is 1. The van der Waals surface area contributed by atoms with Crippen LogP contribution in [0.25, 0.3) is 0 Å². The van der Waals surface area contributed by atoms with Crippen LogP contribution >= 0.6 is 0 Å². The topological polar surface area (TPSA) is 86.8 Å². The predicted octanol–water partition coefficient (Wildman–Crippen LogP) is 1.75. The van der Waals surface area contributed by atoms with E-state index in [0.29, 0.717) is 45.4 Å². The zero-order valence-electron chi connectivity index (χ0n) is 17.0. The Kier molecular flexibility index (Phi) is 7.29. The van der Waals surface area contributed by atoms with E-state index in [-0.39, 0.29) is 35.9 Å². The molecular formula is C21H31N3O4S. The van der Waals surface area contributed by atoms with Crippen LogP contribution in [0.3, 0.4) is 0 Å². The Morgan fingerprint density at radius 3 is 2.52 bits per heavy atom. The minimum atomic E-state index is -3.25. The molecule has 8 heteroatoms. The van der Waals surface area contributed by atoms with Crippen LogP contribution in [0.15, 0.2) is 30.3 Å². The van der Waals surface area contributed by atoms with Crippen LogP contribution in [-0.4, -0.2) is 61.5 Å². The quantitative estimate of drug-likeness (QED) is 0.693. The van der Waals surface area contributed by atoms with Crippen LogP contribution in [0.5, 0.6) is 0 Å². The van der Waals surface area contributed by atoms with E-state index in [1.165, 1.54) is 0 Å². The number of piperidine rings is 1. The highest BCUT2D eigenvalue weighted by atomic mass is 32.2. The number of sulfonamides is 1. The molecule has 160 valence electrons. The monoisotopic (exact) mass is 421 g/mol. The maximum Gasteiger partial charge on any atom is 0.227 e. The van der Waals surface area contributed by atoms with Crippen molar-refractivity contribution in [1.29, 1.82) is 0 Å². The summed E-state index contributed by atoms with van der Waals surface area (Å²) in [5, 5.41) is 0. The minimum absolute atomic E-state index is 0.0150. The van der Waals surface area contributed by atoms with Crippen LogP contribution in [0, 0.1) is 5.92 Å². The number of rotatable bonds is 8. The molecule has 2 aliphatic heterocycles. The number of amides is 2. The van der Waals surface area contributed by atoms with Gasteiger partial charge >= 0.3 is 0 Å². The van der Waals surface area contributed by atoms with Gasteiger partial charge in [0.25, 0.3) is 0 Å². The van der Waals surface area contributed by atoms with Crippen LogP contribution in [0.1, 0.15) is 44.6 Å². The number of hydrogen-bond donors (Lipinski definition) is 1. The molecule has 3 rings (SSSR count). The number of nitrogens with zero attached hydrogens (tertiary/aromatic N) is 2. The van der Waals surface area contributed by atoms with Crippen molar-refractivity contribution in [3.8, 4) is 0 Å². The molecule has 2 heterocycles. The first-order valence-electron chi connectivity index (χ1n) is 10.5. The number of hydrogen-bond acceptors (Lipinski definition) is 4. The summed E-state index contributed by atoms with van der Waals surface area (Å²) in [7, 11) is -3.25. The van der Waals surface area contributed by atoms with Crippen molar-refractivity contribution in [2.45, 2.75) is 51.6 Å². The molecule has 0 aromatic heterocycles. The minimum Gasteiger partial charge on any atom is -0.342 e. The van der Waals surface area contributed by atoms with Gasteiger partial charge in [-0.3, -0.25) is 9.59 Å². The van der Waals surface area contributed by atoms with Crippen LogP contribution in [-0.2, 0) is 26.2 Å². The molecule has 29 heavy (non-hydrogen) atoms. The second-order valence-corrected chi connectivity index (χ2v) is 9.92. The molecule has 1 aromatic carbocycles. The molecule has 2 fully saturated rings. The van der Waals surface area contributed by atoms with Gasteiger partial charge in [0.05, 0.1) is 11.7 Å². The average Bonchev–Trinajstić information content (AvgIpc) is 3.07. The van der Waals surface area contributed by atoms with Crippen molar-refractivity contribution in [2.75, 3.05) is 25.4 Å². The van der Waals surface area contributed by atoms with E-state index in [1.807, 2.05) is 37.3 Å². The summed E-state index contributed by atoms with van der Waals surface area (Å²) in [6.45, 7) is 4.02. The molecule has 7 nitrogen and oxygen atoms in total. The fourth-order valence-electron chi connectivity index (χ4n) is 4.02. The van der Waals surface area contributed by atoms with E-state index in [1.54, 1.807) is 9.80 Å². The van der Waals surface area contributed by atoms with Gasteiger partial charge in [0.2, 0.25) is 21.8 Å². The Balaban J connectivity index is 1.48. The highest BCUT2D eigenvalue weighted by Gasteiger charge is 2.37. The third-order valence-electron chi connectivity index (χ3n) is 5.70.